The molecule has 146 valence electrons. The summed E-state index contributed by atoms with van der Waals surface area (Å²) in [6.45, 7) is 3.65. The minimum atomic E-state index is -1.24. The average Bonchev–Trinajstić information content (AvgIpc) is 3.24. The molecule has 0 radical (unpaired) electrons. The van der Waals surface area contributed by atoms with E-state index in [2.05, 4.69) is 0 Å². The van der Waals surface area contributed by atoms with Crippen LogP contribution in [0.25, 0.3) is 0 Å². The molecule has 1 aromatic rings. The van der Waals surface area contributed by atoms with Crippen molar-refractivity contribution < 1.29 is 19.1 Å². The van der Waals surface area contributed by atoms with Gasteiger partial charge in [0.05, 0.1) is 11.5 Å². The molecule has 3 rings (SSSR count). The standard InChI is InChI=1S/C20H25ClN2O4/c1-3-23(13-14-7-6-10-27-14)18(25)12-20(11-17(24)22(2)19(20)26)15-8-4-5-9-16(15)21/h4-5,8-9,14H,3,6-7,10-13H2,1-2H3. The van der Waals surface area contributed by atoms with Gasteiger partial charge < -0.3 is 9.64 Å². The maximum absolute atomic E-state index is 13.1. The lowest BCUT2D eigenvalue weighted by atomic mass is 9.75. The Morgan fingerprint density at radius 3 is 2.67 bits per heavy atom. The van der Waals surface area contributed by atoms with E-state index in [0.29, 0.717) is 23.7 Å². The Morgan fingerprint density at radius 2 is 2.11 bits per heavy atom. The van der Waals surface area contributed by atoms with Gasteiger partial charge in [0.1, 0.15) is 0 Å². The highest BCUT2D eigenvalue weighted by atomic mass is 35.5. The van der Waals surface area contributed by atoms with E-state index in [-0.39, 0.29) is 36.7 Å². The molecule has 0 N–H and O–H groups in total. The SMILES string of the molecule is CCN(CC1CCCO1)C(=O)CC1(c2ccccc2Cl)CC(=O)N(C)C1=O. The van der Waals surface area contributed by atoms with Gasteiger partial charge in [-0.1, -0.05) is 29.8 Å². The molecule has 2 fully saturated rings. The van der Waals surface area contributed by atoms with Crippen LogP contribution in [0.1, 0.15) is 38.2 Å². The number of hydrogen-bond donors (Lipinski definition) is 0. The van der Waals surface area contributed by atoms with Gasteiger partial charge in [0, 0.05) is 44.6 Å². The molecule has 2 aliphatic rings. The fraction of sp³-hybridized carbons (Fsp3) is 0.550. The monoisotopic (exact) mass is 392 g/mol. The minimum absolute atomic E-state index is 0.0359. The molecule has 3 amide bonds. The molecule has 1 aromatic carbocycles. The zero-order valence-corrected chi connectivity index (χ0v) is 16.5. The summed E-state index contributed by atoms with van der Waals surface area (Å²) >= 11 is 6.36. The molecule has 0 aromatic heterocycles. The van der Waals surface area contributed by atoms with Crippen LogP contribution in [0.5, 0.6) is 0 Å². The molecule has 2 aliphatic heterocycles. The first-order chi connectivity index (χ1) is 12.9. The van der Waals surface area contributed by atoms with Crippen LogP contribution in [-0.2, 0) is 24.5 Å². The van der Waals surface area contributed by atoms with Crippen LogP contribution in [0.4, 0.5) is 0 Å². The van der Waals surface area contributed by atoms with Gasteiger partial charge in [-0.25, -0.2) is 0 Å². The highest BCUT2D eigenvalue weighted by molar-refractivity contribution is 6.32. The van der Waals surface area contributed by atoms with E-state index in [0.717, 1.165) is 24.3 Å². The van der Waals surface area contributed by atoms with Gasteiger partial charge in [0.15, 0.2) is 0 Å². The molecule has 0 saturated carbocycles. The zero-order valence-electron chi connectivity index (χ0n) is 15.7. The number of imide groups is 1. The molecule has 0 aliphatic carbocycles. The summed E-state index contributed by atoms with van der Waals surface area (Å²) in [4.78, 5) is 41.3. The van der Waals surface area contributed by atoms with Crippen LogP contribution in [0.15, 0.2) is 24.3 Å². The van der Waals surface area contributed by atoms with Crippen molar-refractivity contribution in [2.24, 2.45) is 0 Å². The Bertz CT molecular complexity index is 747. The molecule has 2 atom stereocenters. The third-order valence-corrected chi connectivity index (χ3v) is 5.90. The van der Waals surface area contributed by atoms with Crippen LogP contribution in [-0.4, -0.2) is 60.4 Å². The normalized spacial score (nSPS) is 25.3. The Kier molecular flexibility index (Phi) is 5.86. The fourth-order valence-corrected chi connectivity index (χ4v) is 4.31. The summed E-state index contributed by atoms with van der Waals surface area (Å²) in [5, 5.41) is 0.393. The highest BCUT2D eigenvalue weighted by Gasteiger charge is 2.53. The van der Waals surface area contributed by atoms with Crippen LogP contribution >= 0.6 is 11.6 Å². The maximum atomic E-state index is 13.1. The summed E-state index contributed by atoms with van der Waals surface area (Å²) in [7, 11) is 1.46. The number of ether oxygens (including phenoxy) is 1. The first-order valence-electron chi connectivity index (χ1n) is 9.34. The molecule has 2 saturated heterocycles. The van der Waals surface area contributed by atoms with Crippen molar-refractivity contribution in [1.29, 1.82) is 0 Å². The van der Waals surface area contributed by atoms with E-state index in [1.54, 1.807) is 29.2 Å². The number of carbonyl (C=O) groups is 3. The Morgan fingerprint density at radius 1 is 1.37 bits per heavy atom. The summed E-state index contributed by atoms with van der Waals surface area (Å²) in [6.07, 6.45) is 1.84. The third-order valence-electron chi connectivity index (χ3n) is 5.57. The van der Waals surface area contributed by atoms with E-state index < -0.39 is 5.41 Å². The second-order valence-corrected chi connectivity index (χ2v) is 7.65. The number of likely N-dealkylation sites (N-methyl/N-ethyl adjacent to an activating group) is 2. The van der Waals surface area contributed by atoms with Crippen molar-refractivity contribution in [3.8, 4) is 0 Å². The van der Waals surface area contributed by atoms with Gasteiger partial charge in [-0.05, 0) is 31.4 Å². The topological polar surface area (TPSA) is 66.9 Å². The molecule has 27 heavy (non-hydrogen) atoms. The maximum Gasteiger partial charge on any atom is 0.240 e. The second-order valence-electron chi connectivity index (χ2n) is 7.24. The number of likely N-dealkylation sites (tertiary alicyclic amines) is 1. The number of carbonyl (C=O) groups excluding carboxylic acids is 3. The average molecular weight is 393 g/mol. The molecular formula is C20H25ClN2O4. The van der Waals surface area contributed by atoms with E-state index in [4.69, 9.17) is 16.3 Å². The molecular weight excluding hydrogens is 368 g/mol. The van der Waals surface area contributed by atoms with Gasteiger partial charge in [-0.15, -0.1) is 0 Å². The predicted molar refractivity (Wildman–Crippen MR) is 101 cm³/mol. The fourth-order valence-electron chi connectivity index (χ4n) is 3.99. The van der Waals surface area contributed by atoms with E-state index in [1.165, 1.54) is 7.05 Å². The summed E-state index contributed by atoms with van der Waals surface area (Å²) < 4.78 is 5.65. The summed E-state index contributed by atoms with van der Waals surface area (Å²) in [5.41, 5.74) is -0.707. The molecule has 2 heterocycles. The molecule has 6 nitrogen and oxygen atoms in total. The predicted octanol–water partition coefficient (Wildman–Crippen LogP) is 2.38. The number of amides is 3. The summed E-state index contributed by atoms with van der Waals surface area (Å²) in [6, 6.07) is 6.95. The lowest BCUT2D eigenvalue weighted by Gasteiger charge is -2.31. The van der Waals surface area contributed by atoms with E-state index >= 15 is 0 Å². The quantitative estimate of drug-likeness (QED) is 0.697. The molecule has 2 unspecified atom stereocenters. The largest absolute Gasteiger partial charge is 0.376 e. The van der Waals surface area contributed by atoms with Gasteiger partial charge in [-0.2, -0.15) is 0 Å². The first kappa shape index (κ1) is 19.8. The van der Waals surface area contributed by atoms with Gasteiger partial charge in [0.25, 0.3) is 0 Å². The number of benzene rings is 1. The Labute approximate surface area is 164 Å². The zero-order chi connectivity index (χ0) is 19.6. The number of nitrogens with zero attached hydrogens (tertiary/aromatic N) is 2. The lowest BCUT2D eigenvalue weighted by Crippen LogP contribution is -2.44. The van der Waals surface area contributed by atoms with Crippen molar-refractivity contribution in [3.05, 3.63) is 34.9 Å². The smallest absolute Gasteiger partial charge is 0.240 e. The minimum Gasteiger partial charge on any atom is -0.376 e. The molecule has 7 heteroatoms. The third kappa shape index (κ3) is 3.73. The van der Waals surface area contributed by atoms with Crippen molar-refractivity contribution >= 4 is 29.3 Å². The number of rotatable bonds is 6. The van der Waals surface area contributed by atoms with Crippen LogP contribution in [0, 0.1) is 0 Å². The van der Waals surface area contributed by atoms with Gasteiger partial charge in [-0.3, -0.25) is 19.3 Å². The van der Waals surface area contributed by atoms with Crippen molar-refractivity contribution in [3.63, 3.8) is 0 Å². The van der Waals surface area contributed by atoms with Gasteiger partial charge in [0.2, 0.25) is 17.7 Å². The Hall–Kier alpha value is -1.92. The second kappa shape index (κ2) is 7.98. The highest BCUT2D eigenvalue weighted by Crippen LogP contribution is 2.42. The molecule has 0 bridgehead atoms. The Balaban J connectivity index is 1.90. The number of hydrogen-bond acceptors (Lipinski definition) is 4. The van der Waals surface area contributed by atoms with Crippen LogP contribution in [0.2, 0.25) is 5.02 Å². The molecule has 0 spiro atoms. The van der Waals surface area contributed by atoms with Crippen LogP contribution < -0.4 is 0 Å². The number of halogens is 1. The van der Waals surface area contributed by atoms with Crippen molar-refractivity contribution in [2.75, 3.05) is 26.7 Å². The van der Waals surface area contributed by atoms with E-state index in [1.807, 2.05) is 6.92 Å². The van der Waals surface area contributed by atoms with E-state index in [9.17, 15) is 14.4 Å². The van der Waals surface area contributed by atoms with Gasteiger partial charge >= 0.3 is 0 Å². The van der Waals surface area contributed by atoms with Crippen molar-refractivity contribution in [1.82, 2.24) is 9.80 Å². The first-order valence-corrected chi connectivity index (χ1v) is 9.72. The van der Waals surface area contributed by atoms with Crippen molar-refractivity contribution in [2.45, 2.75) is 44.1 Å². The lowest BCUT2D eigenvalue weighted by molar-refractivity contribution is -0.141. The van der Waals surface area contributed by atoms with Crippen LogP contribution in [0.3, 0.4) is 0 Å². The summed E-state index contributed by atoms with van der Waals surface area (Å²) in [5.74, 6) is -0.832.